The molecule has 1 saturated carbocycles. The van der Waals surface area contributed by atoms with Gasteiger partial charge >= 0.3 is 0 Å². The molecule has 0 spiro atoms. The second kappa shape index (κ2) is 5.64. The molecule has 88 valence electrons. The van der Waals surface area contributed by atoms with Crippen molar-refractivity contribution in [1.82, 2.24) is 0 Å². The fraction of sp³-hybridized carbons (Fsp3) is 0.909. The second-order valence-electron chi connectivity index (χ2n) is 4.53. The van der Waals surface area contributed by atoms with E-state index in [-0.39, 0.29) is 23.9 Å². The lowest BCUT2D eigenvalue weighted by atomic mass is 9.94. The monoisotopic (exact) mass is 232 g/mol. The van der Waals surface area contributed by atoms with E-state index in [2.05, 4.69) is 0 Å². The van der Waals surface area contributed by atoms with E-state index in [1.807, 2.05) is 0 Å². The van der Waals surface area contributed by atoms with Gasteiger partial charge in [-0.1, -0.05) is 25.7 Å². The Kier molecular flexibility index (Phi) is 4.77. The highest BCUT2D eigenvalue weighted by atomic mass is 32.2. The van der Waals surface area contributed by atoms with Crippen LogP contribution in [0.2, 0.25) is 0 Å². The van der Waals surface area contributed by atoms with Gasteiger partial charge in [0, 0.05) is 18.6 Å². The smallest absolute Gasteiger partial charge is 0.147 e. The Morgan fingerprint density at radius 1 is 1.13 bits per heavy atom. The van der Waals surface area contributed by atoms with E-state index in [1.54, 1.807) is 0 Å². The van der Waals surface area contributed by atoms with Crippen molar-refractivity contribution in [1.29, 1.82) is 0 Å². The standard InChI is InChI=1S/C11H20O3S/c1-15(13,14)9-8-11(12)10-6-4-2-3-5-7-10/h10H,2-9H2,1H3. The van der Waals surface area contributed by atoms with Crippen LogP contribution in [0.4, 0.5) is 0 Å². The van der Waals surface area contributed by atoms with Crippen molar-refractivity contribution in [3.63, 3.8) is 0 Å². The number of rotatable bonds is 4. The Morgan fingerprint density at radius 2 is 1.67 bits per heavy atom. The molecule has 1 fully saturated rings. The molecule has 0 amide bonds. The van der Waals surface area contributed by atoms with Crippen LogP contribution in [0.3, 0.4) is 0 Å². The molecule has 0 atom stereocenters. The van der Waals surface area contributed by atoms with Gasteiger partial charge in [0.2, 0.25) is 0 Å². The summed E-state index contributed by atoms with van der Waals surface area (Å²) in [5.74, 6) is 0.305. The normalized spacial score (nSPS) is 19.8. The molecule has 0 aliphatic heterocycles. The third-order valence-electron chi connectivity index (χ3n) is 3.03. The van der Waals surface area contributed by atoms with Gasteiger partial charge < -0.3 is 0 Å². The molecule has 0 heterocycles. The fourth-order valence-electron chi connectivity index (χ4n) is 2.09. The van der Waals surface area contributed by atoms with Crippen LogP contribution in [0, 0.1) is 5.92 Å². The first-order valence-electron chi connectivity index (χ1n) is 5.69. The lowest BCUT2D eigenvalue weighted by Gasteiger charge is -2.11. The Morgan fingerprint density at radius 3 is 2.13 bits per heavy atom. The molecule has 0 aromatic carbocycles. The Balaban J connectivity index is 2.38. The van der Waals surface area contributed by atoms with Crippen LogP contribution >= 0.6 is 0 Å². The van der Waals surface area contributed by atoms with Crippen LogP contribution in [0.1, 0.15) is 44.9 Å². The molecule has 0 bridgehead atoms. The summed E-state index contributed by atoms with van der Waals surface area (Å²) in [6.07, 6.45) is 8.00. The summed E-state index contributed by atoms with van der Waals surface area (Å²) in [5, 5.41) is 0. The molecule has 3 nitrogen and oxygen atoms in total. The Hall–Kier alpha value is -0.380. The summed E-state index contributed by atoms with van der Waals surface area (Å²) in [7, 11) is -2.99. The predicted molar refractivity (Wildman–Crippen MR) is 60.5 cm³/mol. The van der Waals surface area contributed by atoms with Gasteiger partial charge in [-0.25, -0.2) is 8.42 Å². The van der Waals surface area contributed by atoms with Gasteiger partial charge in [-0.15, -0.1) is 0 Å². The average Bonchev–Trinajstić information content (AvgIpc) is 2.41. The largest absolute Gasteiger partial charge is 0.299 e. The quantitative estimate of drug-likeness (QED) is 0.696. The molecule has 0 N–H and O–H groups in total. The number of sulfone groups is 1. The molecule has 1 rings (SSSR count). The minimum Gasteiger partial charge on any atom is -0.299 e. The van der Waals surface area contributed by atoms with E-state index in [0.717, 1.165) is 25.7 Å². The zero-order chi connectivity index (χ0) is 11.3. The van der Waals surface area contributed by atoms with E-state index in [4.69, 9.17) is 0 Å². The van der Waals surface area contributed by atoms with E-state index in [1.165, 1.54) is 19.1 Å². The first kappa shape index (κ1) is 12.7. The highest BCUT2D eigenvalue weighted by molar-refractivity contribution is 7.90. The van der Waals surface area contributed by atoms with E-state index in [0.29, 0.717) is 0 Å². The minimum atomic E-state index is -2.99. The first-order chi connectivity index (χ1) is 6.99. The molecule has 1 aliphatic rings. The van der Waals surface area contributed by atoms with E-state index >= 15 is 0 Å². The van der Waals surface area contributed by atoms with Crippen molar-refractivity contribution in [2.75, 3.05) is 12.0 Å². The van der Waals surface area contributed by atoms with Crippen LogP contribution in [0.15, 0.2) is 0 Å². The third-order valence-corrected chi connectivity index (χ3v) is 3.98. The highest BCUT2D eigenvalue weighted by Gasteiger charge is 2.20. The van der Waals surface area contributed by atoms with Crippen molar-refractivity contribution >= 4 is 15.6 Å². The molecule has 0 aromatic heterocycles. The lowest BCUT2D eigenvalue weighted by molar-refractivity contribution is -0.122. The van der Waals surface area contributed by atoms with Gasteiger partial charge in [0.1, 0.15) is 15.6 Å². The maximum atomic E-state index is 11.7. The summed E-state index contributed by atoms with van der Waals surface area (Å²) >= 11 is 0. The van der Waals surface area contributed by atoms with E-state index in [9.17, 15) is 13.2 Å². The Labute approximate surface area is 92.2 Å². The molecule has 1 aliphatic carbocycles. The van der Waals surface area contributed by atoms with Gasteiger partial charge in [0.25, 0.3) is 0 Å². The summed E-state index contributed by atoms with van der Waals surface area (Å²) in [6.45, 7) is 0. The van der Waals surface area contributed by atoms with Crippen molar-refractivity contribution in [2.24, 2.45) is 5.92 Å². The fourth-order valence-corrected chi connectivity index (χ4v) is 2.66. The zero-order valence-electron chi connectivity index (χ0n) is 9.37. The molecule has 15 heavy (non-hydrogen) atoms. The van der Waals surface area contributed by atoms with Gasteiger partial charge in [-0.05, 0) is 12.8 Å². The average molecular weight is 232 g/mol. The van der Waals surface area contributed by atoms with Crippen molar-refractivity contribution in [3.8, 4) is 0 Å². The number of carbonyl (C=O) groups is 1. The van der Waals surface area contributed by atoms with Crippen LogP contribution in [0.25, 0.3) is 0 Å². The van der Waals surface area contributed by atoms with Crippen molar-refractivity contribution in [3.05, 3.63) is 0 Å². The number of Topliss-reactive ketones (excluding diaryl/α,β-unsaturated/α-hetero) is 1. The van der Waals surface area contributed by atoms with Gasteiger partial charge in [-0.3, -0.25) is 4.79 Å². The van der Waals surface area contributed by atoms with Crippen molar-refractivity contribution < 1.29 is 13.2 Å². The number of hydrogen-bond donors (Lipinski definition) is 0. The van der Waals surface area contributed by atoms with Crippen molar-refractivity contribution in [2.45, 2.75) is 44.9 Å². The second-order valence-corrected chi connectivity index (χ2v) is 6.79. The molecule has 0 saturated heterocycles. The lowest BCUT2D eigenvalue weighted by Crippen LogP contribution is -2.17. The topological polar surface area (TPSA) is 51.2 Å². The van der Waals surface area contributed by atoms with Crippen LogP contribution in [0.5, 0.6) is 0 Å². The van der Waals surface area contributed by atoms with Crippen LogP contribution in [-0.2, 0) is 14.6 Å². The molecular formula is C11H20O3S. The molecule has 0 unspecified atom stereocenters. The predicted octanol–water partition coefficient (Wildman–Crippen LogP) is 1.96. The molecular weight excluding hydrogens is 212 g/mol. The van der Waals surface area contributed by atoms with Gasteiger partial charge in [-0.2, -0.15) is 0 Å². The Bertz CT molecular complexity index is 298. The number of carbonyl (C=O) groups excluding carboxylic acids is 1. The number of hydrogen-bond acceptors (Lipinski definition) is 3. The maximum absolute atomic E-state index is 11.7. The maximum Gasteiger partial charge on any atom is 0.147 e. The van der Waals surface area contributed by atoms with Gasteiger partial charge in [0.15, 0.2) is 0 Å². The molecule has 0 aromatic rings. The first-order valence-corrected chi connectivity index (χ1v) is 7.75. The summed E-state index contributed by atoms with van der Waals surface area (Å²) in [4.78, 5) is 11.7. The zero-order valence-corrected chi connectivity index (χ0v) is 10.2. The van der Waals surface area contributed by atoms with Crippen LogP contribution < -0.4 is 0 Å². The number of ketones is 1. The summed E-state index contributed by atoms with van der Waals surface area (Å²) in [6, 6.07) is 0. The SMILES string of the molecule is CS(=O)(=O)CCC(=O)C1CCCCCC1. The van der Waals surface area contributed by atoms with Gasteiger partial charge in [0.05, 0.1) is 5.75 Å². The highest BCUT2D eigenvalue weighted by Crippen LogP contribution is 2.24. The van der Waals surface area contributed by atoms with E-state index < -0.39 is 9.84 Å². The summed E-state index contributed by atoms with van der Waals surface area (Å²) in [5.41, 5.74) is 0. The summed E-state index contributed by atoms with van der Waals surface area (Å²) < 4.78 is 21.9. The molecule has 0 radical (unpaired) electrons. The minimum absolute atomic E-state index is 0.0162. The van der Waals surface area contributed by atoms with Crippen LogP contribution in [-0.4, -0.2) is 26.2 Å². The third kappa shape index (κ3) is 5.30. The molecule has 4 heteroatoms.